The monoisotopic (exact) mass is 299 g/mol. The van der Waals surface area contributed by atoms with Gasteiger partial charge in [-0.2, -0.15) is 0 Å². The van der Waals surface area contributed by atoms with E-state index in [-0.39, 0.29) is 16.2 Å². The van der Waals surface area contributed by atoms with Crippen molar-refractivity contribution in [1.82, 2.24) is 4.72 Å². The summed E-state index contributed by atoms with van der Waals surface area (Å²) >= 11 is 0. The topological polar surface area (TPSA) is 66.4 Å². The zero-order chi connectivity index (χ0) is 15.6. The maximum Gasteiger partial charge on any atom is 0.240 e. The lowest BCUT2D eigenvalue weighted by Gasteiger charge is -2.27. The Hall–Kier alpha value is -0.910. The first-order valence-corrected chi connectivity index (χ1v) is 8.30. The zero-order valence-corrected chi connectivity index (χ0v) is 13.7. The Bertz CT molecular complexity index is 544. The van der Waals surface area contributed by atoms with Gasteiger partial charge in [0.1, 0.15) is 0 Å². The van der Waals surface area contributed by atoms with E-state index >= 15 is 0 Å². The predicted molar refractivity (Wildman–Crippen MR) is 80.9 cm³/mol. The van der Waals surface area contributed by atoms with Crippen molar-refractivity contribution < 1.29 is 13.5 Å². The summed E-state index contributed by atoms with van der Waals surface area (Å²) in [4.78, 5) is 0.192. The highest BCUT2D eigenvalue weighted by Crippen LogP contribution is 2.25. The van der Waals surface area contributed by atoms with Crippen LogP contribution in [-0.2, 0) is 10.0 Å². The molecular weight excluding hydrogens is 274 g/mol. The van der Waals surface area contributed by atoms with Crippen molar-refractivity contribution in [2.45, 2.75) is 45.6 Å². The molecule has 0 amide bonds. The van der Waals surface area contributed by atoms with Crippen molar-refractivity contribution in [3.8, 4) is 0 Å². The van der Waals surface area contributed by atoms with Crippen molar-refractivity contribution in [2.24, 2.45) is 11.3 Å². The third-order valence-corrected chi connectivity index (χ3v) is 5.13. The Morgan fingerprint density at radius 2 is 1.85 bits per heavy atom. The van der Waals surface area contributed by atoms with E-state index in [1.54, 1.807) is 19.1 Å². The van der Waals surface area contributed by atoms with Gasteiger partial charge < -0.3 is 5.11 Å². The molecule has 4 nitrogen and oxygen atoms in total. The van der Waals surface area contributed by atoms with Gasteiger partial charge in [0.05, 0.1) is 11.0 Å². The molecule has 0 saturated heterocycles. The van der Waals surface area contributed by atoms with E-state index in [1.807, 2.05) is 6.92 Å². The zero-order valence-electron chi connectivity index (χ0n) is 12.8. The summed E-state index contributed by atoms with van der Waals surface area (Å²) in [5, 5.41) is 9.52. The van der Waals surface area contributed by atoms with Gasteiger partial charge in [-0.15, -0.1) is 0 Å². The first-order chi connectivity index (χ1) is 9.04. The van der Waals surface area contributed by atoms with E-state index in [2.05, 4.69) is 25.5 Å². The maximum absolute atomic E-state index is 12.2. The number of aliphatic hydroxyl groups excluding tert-OH is 1. The standard InChI is InChI=1S/C15H25NO3S/c1-11(15(3,4)5)10-16-20(18,19)14-8-6-7-13(9-14)12(2)17/h6-9,11-12,16-17H,10H2,1-5H3. The molecule has 5 heteroatoms. The Balaban J connectivity index is 2.87. The number of rotatable bonds is 5. The van der Waals surface area contributed by atoms with Crippen LogP contribution in [0.2, 0.25) is 0 Å². The van der Waals surface area contributed by atoms with Gasteiger partial charge in [-0.3, -0.25) is 0 Å². The van der Waals surface area contributed by atoms with Crippen molar-refractivity contribution >= 4 is 10.0 Å². The van der Waals surface area contributed by atoms with E-state index in [4.69, 9.17) is 0 Å². The van der Waals surface area contributed by atoms with Crippen molar-refractivity contribution in [2.75, 3.05) is 6.54 Å². The predicted octanol–water partition coefficient (Wildman–Crippen LogP) is 2.70. The fourth-order valence-electron chi connectivity index (χ4n) is 1.57. The molecule has 0 heterocycles. The molecule has 0 fully saturated rings. The van der Waals surface area contributed by atoms with E-state index in [0.717, 1.165) is 0 Å². The molecule has 2 unspecified atom stereocenters. The second-order valence-electron chi connectivity index (χ2n) is 6.37. The van der Waals surface area contributed by atoms with Gasteiger partial charge in [0, 0.05) is 6.54 Å². The average Bonchev–Trinajstić information content (AvgIpc) is 2.35. The quantitative estimate of drug-likeness (QED) is 0.878. The molecular formula is C15H25NO3S. The summed E-state index contributed by atoms with van der Waals surface area (Å²) in [6.45, 7) is 10.3. The molecule has 0 aliphatic carbocycles. The van der Waals surface area contributed by atoms with Crippen molar-refractivity contribution in [1.29, 1.82) is 0 Å². The van der Waals surface area contributed by atoms with Crippen LogP contribution in [0.15, 0.2) is 29.2 Å². The SMILES string of the molecule is CC(O)c1cccc(S(=O)(=O)NCC(C)C(C)(C)C)c1. The van der Waals surface area contributed by atoms with Crippen LogP contribution in [0.25, 0.3) is 0 Å². The van der Waals surface area contributed by atoms with Crippen LogP contribution < -0.4 is 4.72 Å². The van der Waals surface area contributed by atoms with Crippen LogP contribution in [0.4, 0.5) is 0 Å². The molecule has 1 aromatic rings. The average molecular weight is 299 g/mol. The summed E-state index contributed by atoms with van der Waals surface area (Å²) in [6.07, 6.45) is -0.682. The molecule has 20 heavy (non-hydrogen) atoms. The minimum atomic E-state index is -3.53. The minimum absolute atomic E-state index is 0.0456. The first kappa shape index (κ1) is 17.1. The third-order valence-electron chi connectivity index (χ3n) is 3.71. The highest BCUT2D eigenvalue weighted by atomic mass is 32.2. The highest BCUT2D eigenvalue weighted by molar-refractivity contribution is 7.89. The molecule has 0 spiro atoms. The highest BCUT2D eigenvalue weighted by Gasteiger charge is 2.23. The van der Waals surface area contributed by atoms with Gasteiger partial charge in [-0.1, -0.05) is 39.8 Å². The molecule has 0 aliphatic heterocycles. The second kappa shape index (κ2) is 6.24. The smallest absolute Gasteiger partial charge is 0.240 e. The maximum atomic E-state index is 12.2. The number of hydrogen-bond donors (Lipinski definition) is 2. The van der Waals surface area contributed by atoms with Crippen LogP contribution in [0.5, 0.6) is 0 Å². The van der Waals surface area contributed by atoms with E-state index < -0.39 is 16.1 Å². The number of benzene rings is 1. The molecule has 2 N–H and O–H groups in total. The summed E-state index contributed by atoms with van der Waals surface area (Å²) in [5.41, 5.74) is 0.640. The van der Waals surface area contributed by atoms with Gasteiger partial charge in [-0.05, 0) is 36.0 Å². The number of sulfonamides is 1. The molecule has 114 valence electrons. The molecule has 0 aliphatic rings. The molecule has 0 bridgehead atoms. The molecule has 1 aromatic carbocycles. The van der Waals surface area contributed by atoms with Gasteiger partial charge in [0.2, 0.25) is 10.0 Å². The largest absolute Gasteiger partial charge is 0.389 e. The van der Waals surface area contributed by atoms with Gasteiger partial charge >= 0.3 is 0 Å². The van der Waals surface area contributed by atoms with E-state index in [1.165, 1.54) is 12.1 Å². The van der Waals surface area contributed by atoms with Crippen LogP contribution in [0, 0.1) is 11.3 Å². The lowest BCUT2D eigenvalue weighted by Crippen LogP contribution is -2.33. The lowest BCUT2D eigenvalue weighted by atomic mass is 9.82. The van der Waals surface area contributed by atoms with Gasteiger partial charge in [0.25, 0.3) is 0 Å². The first-order valence-electron chi connectivity index (χ1n) is 6.82. The number of hydrogen-bond acceptors (Lipinski definition) is 3. The van der Waals surface area contributed by atoms with Gasteiger partial charge in [0.15, 0.2) is 0 Å². The summed E-state index contributed by atoms with van der Waals surface area (Å²) in [7, 11) is -3.53. The summed E-state index contributed by atoms with van der Waals surface area (Å²) in [5.74, 6) is 0.220. The molecule has 2 atom stereocenters. The Morgan fingerprint density at radius 1 is 1.25 bits per heavy atom. The van der Waals surface area contributed by atoms with Gasteiger partial charge in [-0.25, -0.2) is 13.1 Å². The van der Waals surface area contributed by atoms with Crippen LogP contribution >= 0.6 is 0 Å². The molecule has 1 rings (SSSR count). The number of nitrogens with one attached hydrogen (secondary N) is 1. The molecule has 0 saturated carbocycles. The fourth-order valence-corrected chi connectivity index (χ4v) is 2.75. The van der Waals surface area contributed by atoms with Crippen LogP contribution in [-0.4, -0.2) is 20.1 Å². The summed E-state index contributed by atoms with van der Waals surface area (Å²) in [6, 6.07) is 6.40. The molecule has 0 aromatic heterocycles. The Kier molecular flexibility index (Phi) is 5.35. The molecule has 0 radical (unpaired) electrons. The summed E-state index contributed by atoms with van der Waals surface area (Å²) < 4.78 is 27.1. The van der Waals surface area contributed by atoms with Crippen molar-refractivity contribution in [3.05, 3.63) is 29.8 Å². The van der Waals surface area contributed by atoms with Crippen molar-refractivity contribution in [3.63, 3.8) is 0 Å². The fraction of sp³-hybridized carbons (Fsp3) is 0.600. The van der Waals surface area contributed by atoms with Crippen LogP contribution in [0.3, 0.4) is 0 Å². The normalized spacial score (nSPS) is 15.9. The Labute approximate surface area is 122 Å². The Morgan fingerprint density at radius 3 is 2.35 bits per heavy atom. The van der Waals surface area contributed by atoms with Crippen LogP contribution in [0.1, 0.15) is 46.3 Å². The lowest BCUT2D eigenvalue weighted by molar-refractivity contribution is 0.199. The van der Waals surface area contributed by atoms with E-state index in [9.17, 15) is 13.5 Å². The number of aliphatic hydroxyl groups is 1. The third kappa shape index (κ3) is 4.58. The minimum Gasteiger partial charge on any atom is -0.389 e. The second-order valence-corrected chi connectivity index (χ2v) is 8.13. The van der Waals surface area contributed by atoms with E-state index in [0.29, 0.717) is 12.1 Å².